The number of nitrogens with one attached hydrogen (secondary N) is 1. The monoisotopic (exact) mass is 266 g/mol. The fraction of sp³-hybridized carbons (Fsp3) is 0.625. The van der Waals surface area contributed by atoms with Crippen LogP contribution in [0.5, 0.6) is 0 Å². The van der Waals surface area contributed by atoms with Crippen LogP contribution in [0.15, 0.2) is 24.3 Å². The summed E-state index contributed by atoms with van der Waals surface area (Å²) < 4.78 is 13.0. The lowest BCUT2D eigenvalue weighted by molar-refractivity contribution is 0.220. The molecule has 0 heterocycles. The highest BCUT2D eigenvalue weighted by molar-refractivity contribution is 5.19. The zero-order valence-corrected chi connectivity index (χ0v) is 12.6. The second-order valence-electron chi connectivity index (χ2n) is 5.17. The van der Waals surface area contributed by atoms with Crippen LogP contribution in [0.4, 0.5) is 4.39 Å². The van der Waals surface area contributed by atoms with Gasteiger partial charge in [0.1, 0.15) is 5.82 Å². The first kappa shape index (κ1) is 16.1. The largest absolute Gasteiger partial charge is 0.310 e. The van der Waals surface area contributed by atoms with E-state index in [1.807, 2.05) is 12.1 Å². The summed E-state index contributed by atoms with van der Waals surface area (Å²) in [5.41, 5.74) is 1.17. The van der Waals surface area contributed by atoms with Gasteiger partial charge in [-0.25, -0.2) is 4.39 Å². The van der Waals surface area contributed by atoms with Gasteiger partial charge in [0.25, 0.3) is 0 Å². The van der Waals surface area contributed by atoms with Crippen molar-refractivity contribution in [1.29, 1.82) is 0 Å². The van der Waals surface area contributed by atoms with Crippen LogP contribution in [-0.4, -0.2) is 30.6 Å². The van der Waals surface area contributed by atoms with Crippen molar-refractivity contribution in [3.8, 4) is 0 Å². The number of hydrogen-bond donors (Lipinski definition) is 1. The van der Waals surface area contributed by atoms with E-state index in [4.69, 9.17) is 0 Å². The topological polar surface area (TPSA) is 15.3 Å². The van der Waals surface area contributed by atoms with Crippen molar-refractivity contribution < 1.29 is 4.39 Å². The molecule has 0 aliphatic rings. The zero-order chi connectivity index (χ0) is 14.3. The van der Waals surface area contributed by atoms with E-state index in [0.29, 0.717) is 12.1 Å². The van der Waals surface area contributed by atoms with Crippen LogP contribution in [0.25, 0.3) is 0 Å². The van der Waals surface area contributed by atoms with Gasteiger partial charge in [-0.2, -0.15) is 0 Å². The van der Waals surface area contributed by atoms with Gasteiger partial charge in [-0.15, -0.1) is 0 Å². The number of benzene rings is 1. The first-order valence-corrected chi connectivity index (χ1v) is 7.31. The van der Waals surface area contributed by atoms with Crippen molar-refractivity contribution in [3.05, 3.63) is 35.6 Å². The Labute approximate surface area is 117 Å². The van der Waals surface area contributed by atoms with Crippen molar-refractivity contribution in [2.24, 2.45) is 0 Å². The van der Waals surface area contributed by atoms with Crippen molar-refractivity contribution in [1.82, 2.24) is 10.2 Å². The molecule has 1 aromatic carbocycles. The average molecular weight is 266 g/mol. The quantitative estimate of drug-likeness (QED) is 0.773. The smallest absolute Gasteiger partial charge is 0.123 e. The third-order valence-corrected chi connectivity index (χ3v) is 3.56. The van der Waals surface area contributed by atoms with E-state index < -0.39 is 0 Å². The molecule has 0 aliphatic heterocycles. The summed E-state index contributed by atoms with van der Waals surface area (Å²) in [6.07, 6.45) is 1.05. The highest BCUT2D eigenvalue weighted by Crippen LogP contribution is 2.18. The molecule has 1 rings (SSSR count). The molecule has 3 heteroatoms. The fourth-order valence-electron chi connectivity index (χ4n) is 2.40. The second-order valence-corrected chi connectivity index (χ2v) is 5.17. The van der Waals surface area contributed by atoms with Crippen LogP contribution in [-0.2, 0) is 0 Å². The highest BCUT2D eigenvalue weighted by Gasteiger charge is 2.13. The normalized spacial score (nSPS) is 13.2. The summed E-state index contributed by atoms with van der Waals surface area (Å²) >= 11 is 0. The van der Waals surface area contributed by atoms with Crippen LogP contribution in [0.2, 0.25) is 0 Å². The summed E-state index contributed by atoms with van der Waals surface area (Å²) in [6, 6.07) is 7.72. The number of halogens is 1. The summed E-state index contributed by atoms with van der Waals surface area (Å²) in [5.74, 6) is -0.170. The van der Waals surface area contributed by atoms with Gasteiger partial charge >= 0.3 is 0 Å². The molecule has 0 bridgehead atoms. The Morgan fingerprint density at radius 3 is 2.26 bits per heavy atom. The van der Waals surface area contributed by atoms with E-state index in [-0.39, 0.29) is 5.82 Å². The molecule has 19 heavy (non-hydrogen) atoms. The number of rotatable bonds is 8. The zero-order valence-electron chi connectivity index (χ0n) is 12.6. The van der Waals surface area contributed by atoms with Gasteiger partial charge in [0, 0.05) is 18.6 Å². The molecule has 0 aromatic heterocycles. The maximum Gasteiger partial charge on any atom is 0.123 e. The van der Waals surface area contributed by atoms with E-state index in [0.717, 1.165) is 26.1 Å². The lowest BCUT2D eigenvalue weighted by atomic mass is 10.0. The first-order valence-electron chi connectivity index (χ1n) is 7.31. The standard InChI is InChI=1S/C16H27FN2/c1-5-18-16(11-12-19(6-2)13(3)4)14-7-9-15(17)10-8-14/h7-10,13,16,18H,5-6,11-12H2,1-4H3. The van der Waals surface area contributed by atoms with Gasteiger partial charge in [0.05, 0.1) is 0 Å². The van der Waals surface area contributed by atoms with Gasteiger partial charge in [0.15, 0.2) is 0 Å². The van der Waals surface area contributed by atoms with E-state index in [1.54, 1.807) is 12.1 Å². The molecule has 1 aromatic rings. The van der Waals surface area contributed by atoms with E-state index in [1.165, 1.54) is 5.56 Å². The molecule has 0 fully saturated rings. The van der Waals surface area contributed by atoms with Crippen molar-refractivity contribution in [3.63, 3.8) is 0 Å². The van der Waals surface area contributed by atoms with Gasteiger partial charge in [-0.05, 0) is 51.1 Å². The maximum atomic E-state index is 13.0. The Morgan fingerprint density at radius 2 is 1.79 bits per heavy atom. The molecule has 0 amide bonds. The van der Waals surface area contributed by atoms with Crippen LogP contribution >= 0.6 is 0 Å². The molecular weight excluding hydrogens is 239 g/mol. The molecule has 1 unspecified atom stereocenters. The lowest BCUT2D eigenvalue weighted by Gasteiger charge is -2.27. The summed E-state index contributed by atoms with van der Waals surface area (Å²) in [5, 5.41) is 3.49. The SMILES string of the molecule is CCNC(CCN(CC)C(C)C)c1ccc(F)cc1. The molecule has 108 valence electrons. The Morgan fingerprint density at radius 1 is 1.16 bits per heavy atom. The van der Waals surface area contributed by atoms with Crippen LogP contribution < -0.4 is 5.32 Å². The molecule has 0 aliphatic carbocycles. The molecule has 1 N–H and O–H groups in total. The predicted octanol–water partition coefficient (Wildman–Crippen LogP) is 3.60. The summed E-state index contributed by atoms with van der Waals surface area (Å²) in [7, 11) is 0. The number of hydrogen-bond acceptors (Lipinski definition) is 2. The van der Waals surface area contributed by atoms with Crippen LogP contribution in [0, 0.1) is 5.82 Å². The van der Waals surface area contributed by atoms with Crippen molar-refractivity contribution >= 4 is 0 Å². The number of nitrogens with zero attached hydrogens (tertiary/aromatic N) is 1. The predicted molar refractivity (Wildman–Crippen MR) is 79.8 cm³/mol. The average Bonchev–Trinajstić information content (AvgIpc) is 2.39. The van der Waals surface area contributed by atoms with Crippen molar-refractivity contribution in [2.45, 2.75) is 46.2 Å². The molecular formula is C16H27FN2. The summed E-state index contributed by atoms with van der Waals surface area (Å²) in [6.45, 7) is 11.8. The maximum absolute atomic E-state index is 13.0. The van der Waals surface area contributed by atoms with E-state index >= 15 is 0 Å². The minimum atomic E-state index is -0.170. The highest BCUT2D eigenvalue weighted by atomic mass is 19.1. The minimum Gasteiger partial charge on any atom is -0.310 e. The van der Waals surface area contributed by atoms with E-state index in [2.05, 4.69) is 37.9 Å². The van der Waals surface area contributed by atoms with Gasteiger partial charge in [-0.3, -0.25) is 0 Å². The third kappa shape index (κ3) is 5.29. The van der Waals surface area contributed by atoms with Gasteiger partial charge in [-0.1, -0.05) is 26.0 Å². The molecule has 2 nitrogen and oxygen atoms in total. The van der Waals surface area contributed by atoms with E-state index in [9.17, 15) is 4.39 Å². The Kier molecular flexibility index (Phi) is 7.03. The van der Waals surface area contributed by atoms with Crippen molar-refractivity contribution in [2.75, 3.05) is 19.6 Å². The Balaban J connectivity index is 2.64. The van der Waals surface area contributed by atoms with Gasteiger partial charge in [0.2, 0.25) is 0 Å². The molecule has 0 saturated heterocycles. The molecule has 1 atom stereocenters. The summed E-state index contributed by atoms with van der Waals surface area (Å²) in [4.78, 5) is 2.45. The minimum absolute atomic E-state index is 0.170. The third-order valence-electron chi connectivity index (χ3n) is 3.56. The first-order chi connectivity index (χ1) is 9.08. The molecule has 0 saturated carbocycles. The molecule has 0 spiro atoms. The fourth-order valence-corrected chi connectivity index (χ4v) is 2.40. The van der Waals surface area contributed by atoms with Crippen LogP contribution in [0.1, 0.15) is 45.7 Å². The Bertz CT molecular complexity index is 348. The van der Waals surface area contributed by atoms with Gasteiger partial charge < -0.3 is 10.2 Å². The Hall–Kier alpha value is -0.930. The van der Waals surface area contributed by atoms with Crippen LogP contribution in [0.3, 0.4) is 0 Å². The second kappa shape index (κ2) is 8.28. The lowest BCUT2D eigenvalue weighted by Crippen LogP contribution is -2.34. The molecule has 0 radical (unpaired) electrons.